The Morgan fingerprint density at radius 2 is 0.273 bits per heavy atom. The van der Waals surface area contributed by atoms with Gasteiger partial charge in [0.2, 0.25) is 0 Å². The quantitative estimate of drug-likeness (QED) is 0.352. The van der Waals surface area contributed by atoms with Crippen molar-refractivity contribution in [2.24, 2.45) is 0 Å². The summed E-state index contributed by atoms with van der Waals surface area (Å²) < 4.78 is 0. The Kier molecular flexibility index (Phi) is 4130. The second-order valence-electron chi connectivity index (χ2n) is 0. The minimum Gasteiger partial charge on any atom is -2.00 e. The van der Waals surface area contributed by atoms with Crippen molar-refractivity contribution in [2.45, 2.75) is 0 Å². The van der Waals surface area contributed by atoms with Gasteiger partial charge < -0.3 is 38.3 Å². The molecule has 11 heavy (non-hydrogen) atoms. The monoisotopic (exact) mass is 522 g/mol. The van der Waals surface area contributed by atoms with Crippen LogP contribution in [0.5, 0.6) is 0 Å². The van der Waals surface area contributed by atoms with Gasteiger partial charge in [0.15, 0.2) is 0 Å². The van der Waals surface area contributed by atoms with E-state index in [-0.39, 0.29) is 142 Å². The predicted molar refractivity (Wildman–Crippen MR) is 16.3 cm³/mol. The number of hydrogen-bond donors (Lipinski definition) is 0. The summed E-state index contributed by atoms with van der Waals surface area (Å²) in [6, 6.07) is 0. The fourth-order valence-corrected chi connectivity index (χ4v) is 0. The van der Waals surface area contributed by atoms with Gasteiger partial charge >= 0.3 is 104 Å². The third-order valence-corrected chi connectivity index (χ3v) is 0. The van der Waals surface area contributed by atoms with Gasteiger partial charge in [0, 0.05) is 0 Å². The second-order valence-corrected chi connectivity index (χ2v) is 0. The van der Waals surface area contributed by atoms with E-state index in [1.807, 2.05) is 0 Å². The number of rotatable bonds is 0. The van der Waals surface area contributed by atoms with Crippen LogP contribution in [0.1, 0.15) is 0 Å². The molecule has 0 spiro atoms. The maximum absolute atomic E-state index is 0. The molecule has 0 atom stereocenters. The molecule has 0 bridgehead atoms. The topological polar surface area (TPSA) is 200 Å². The smallest absolute Gasteiger partial charge is 2.00 e. The summed E-state index contributed by atoms with van der Waals surface area (Å²) in [5.74, 6) is 0. The third kappa shape index (κ3) is 160. The van der Waals surface area contributed by atoms with Gasteiger partial charge in [-0.05, 0) is 0 Å². The molecule has 0 aromatic carbocycles. The fraction of sp³-hybridized carbons (Fsp3) is 0. The van der Waals surface area contributed by atoms with Gasteiger partial charge in [-0.25, -0.2) is 0 Å². The summed E-state index contributed by atoms with van der Waals surface area (Å²) in [4.78, 5) is 0. The van der Waals surface area contributed by atoms with Crippen LogP contribution in [0.15, 0.2) is 0 Å². The summed E-state index contributed by atoms with van der Waals surface area (Å²) in [5, 5.41) is 0. The molecule has 0 aromatic rings. The molecule has 56 valence electrons. The van der Waals surface area contributed by atoms with Gasteiger partial charge in [-0.15, -0.1) is 0 Å². The van der Waals surface area contributed by atoms with Crippen molar-refractivity contribution < 1.29 is 90.7 Å². The van der Waals surface area contributed by atoms with E-state index < -0.39 is 0 Å². The summed E-state index contributed by atoms with van der Waals surface area (Å²) in [6.45, 7) is 0. The van der Waals surface area contributed by atoms with Crippen LogP contribution in [-0.4, -0.2) is 51.7 Å². The summed E-state index contributed by atoms with van der Waals surface area (Å²) in [5.41, 5.74) is 0. The van der Waals surface area contributed by atoms with Crippen molar-refractivity contribution in [3.05, 3.63) is 0 Å². The standard InChI is InChI=1S/2In.7O.2Zr/q2*+3;7*-2;2*+4. The van der Waals surface area contributed by atoms with E-state index >= 15 is 0 Å². The van der Waals surface area contributed by atoms with Crippen LogP contribution in [0.4, 0.5) is 0 Å². The Labute approximate surface area is 140 Å². The van der Waals surface area contributed by atoms with Gasteiger partial charge in [-0.3, -0.25) is 0 Å². The first-order valence-electron chi connectivity index (χ1n) is 0. The van der Waals surface area contributed by atoms with Crippen LogP contribution in [-0.2, 0) is 90.7 Å². The minimum atomic E-state index is 0. The molecular weight excluding hydrogens is 524 g/mol. The maximum atomic E-state index is 0. The summed E-state index contributed by atoms with van der Waals surface area (Å²) in [6.07, 6.45) is 0. The first kappa shape index (κ1) is 239. The molecule has 11 heteroatoms. The van der Waals surface area contributed by atoms with Crippen molar-refractivity contribution >= 4 is 51.7 Å². The molecule has 0 fully saturated rings. The Morgan fingerprint density at radius 1 is 0.273 bits per heavy atom. The van der Waals surface area contributed by atoms with E-state index in [4.69, 9.17) is 0 Å². The van der Waals surface area contributed by atoms with Crippen LogP contribution in [0.3, 0.4) is 0 Å². The minimum absolute atomic E-state index is 0. The fourth-order valence-electron chi connectivity index (χ4n) is 0. The first-order valence-corrected chi connectivity index (χ1v) is 0. The average Bonchev–Trinajstić information content (AvgIpc) is 0. The first-order chi connectivity index (χ1) is 0. The predicted octanol–water partition coefficient (Wildman–Crippen LogP) is -1.60. The summed E-state index contributed by atoms with van der Waals surface area (Å²) in [7, 11) is 0. The zero-order valence-electron chi connectivity index (χ0n) is 5.01. The molecule has 0 heterocycles. The van der Waals surface area contributed by atoms with E-state index in [2.05, 4.69) is 0 Å². The molecule has 0 aliphatic rings. The van der Waals surface area contributed by atoms with Crippen LogP contribution < -0.4 is 0 Å². The van der Waals surface area contributed by atoms with Gasteiger partial charge in [0.05, 0.1) is 0 Å². The van der Waals surface area contributed by atoms with Crippen LogP contribution in [0.2, 0.25) is 0 Å². The molecule has 0 saturated heterocycles. The molecule has 0 rings (SSSR count). The van der Waals surface area contributed by atoms with E-state index in [0.29, 0.717) is 0 Å². The SMILES string of the molecule is [In+3].[In+3].[O-2].[O-2].[O-2].[O-2].[O-2].[O-2].[O-2].[Zr+4].[Zr+4]. The van der Waals surface area contributed by atoms with Crippen molar-refractivity contribution in [3.8, 4) is 0 Å². The average molecular weight is 524 g/mol. The molecular formula is In2O7Zr2. The van der Waals surface area contributed by atoms with Crippen LogP contribution in [0.25, 0.3) is 0 Å². The largest absolute Gasteiger partial charge is 4.00 e. The Balaban J connectivity index is 0. The molecule has 7 nitrogen and oxygen atoms in total. The Bertz CT molecular complexity index is 14.4. The molecule has 0 amide bonds. The molecule has 0 radical (unpaired) electrons. The number of hydrogen-bond acceptors (Lipinski definition) is 0. The van der Waals surface area contributed by atoms with Crippen LogP contribution in [0, 0.1) is 0 Å². The molecule has 0 N–H and O–H groups in total. The van der Waals surface area contributed by atoms with Gasteiger partial charge in [-0.2, -0.15) is 0 Å². The maximum Gasteiger partial charge on any atom is 4.00 e. The van der Waals surface area contributed by atoms with Crippen molar-refractivity contribution in [2.75, 3.05) is 0 Å². The molecule has 0 unspecified atom stereocenters. The van der Waals surface area contributed by atoms with E-state index in [9.17, 15) is 0 Å². The van der Waals surface area contributed by atoms with Crippen molar-refractivity contribution in [1.82, 2.24) is 0 Å². The van der Waals surface area contributed by atoms with Crippen molar-refractivity contribution in [3.63, 3.8) is 0 Å². The molecule has 0 aliphatic heterocycles. The Morgan fingerprint density at radius 3 is 0.273 bits per heavy atom. The molecule has 0 saturated carbocycles. The Hall–Kier alpha value is 3.23. The third-order valence-electron chi connectivity index (χ3n) is 0. The van der Waals surface area contributed by atoms with E-state index in [1.165, 1.54) is 0 Å². The van der Waals surface area contributed by atoms with Crippen molar-refractivity contribution in [1.29, 1.82) is 0 Å². The summed E-state index contributed by atoms with van der Waals surface area (Å²) >= 11 is 0. The zero-order valence-corrected chi connectivity index (χ0v) is 16.5. The van der Waals surface area contributed by atoms with Gasteiger partial charge in [0.1, 0.15) is 0 Å². The normalized spacial score (nSPS) is 0. The van der Waals surface area contributed by atoms with E-state index in [0.717, 1.165) is 0 Å². The molecule has 0 aromatic heterocycles. The molecule has 0 aliphatic carbocycles. The zero-order chi connectivity index (χ0) is 0. The second kappa shape index (κ2) is 190. The van der Waals surface area contributed by atoms with E-state index in [1.54, 1.807) is 0 Å². The van der Waals surface area contributed by atoms with Gasteiger partial charge in [0.25, 0.3) is 0 Å². The van der Waals surface area contributed by atoms with Crippen LogP contribution >= 0.6 is 0 Å². The van der Waals surface area contributed by atoms with Gasteiger partial charge in [-0.1, -0.05) is 0 Å².